The maximum Gasteiger partial charge on any atom is 0.273 e. The van der Waals surface area contributed by atoms with Gasteiger partial charge < -0.3 is 5.73 Å². The summed E-state index contributed by atoms with van der Waals surface area (Å²) in [5, 5.41) is 10.5. The molecule has 0 atom stereocenters. The van der Waals surface area contributed by atoms with Gasteiger partial charge in [-0.2, -0.15) is 0 Å². The molecule has 0 unspecified atom stereocenters. The van der Waals surface area contributed by atoms with Crippen LogP contribution in [-0.4, -0.2) is 17.1 Å². The molecule has 1 rings (SSSR count). The number of benzene rings is 1. The molecular weight excluding hydrogens is 200 g/mol. The number of hydrogen-bond acceptors (Lipinski definition) is 4. The highest BCUT2D eigenvalue weighted by atomic mass is 16.6. The van der Waals surface area contributed by atoms with Gasteiger partial charge in [0.05, 0.1) is 10.5 Å². The highest BCUT2D eigenvalue weighted by Crippen LogP contribution is 2.21. The summed E-state index contributed by atoms with van der Waals surface area (Å²) in [6, 6.07) is 2.28. The van der Waals surface area contributed by atoms with E-state index in [9.17, 15) is 19.7 Å². The lowest BCUT2D eigenvalue weighted by Gasteiger charge is -2.02. The van der Waals surface area contributed by atoms with Crippen molar-refractivity contribution >= 4 is 17.9 Å². The first-order valence-electron chi connectivity index (χ1n) is 4.01. The summed E-state index contributed by atoms with van der Waals surface area (Å²) in [5.41, 5.74) is 5.03. The Morgan fingerprint density at radius 1 is 1.53 bits per heavy atom. The molecule has 1 aromatic carbocycles. The lowest BCUT2D eigenvalue weighted by atomic mass is 10.0. The largest absolute Gasteiger partial charge is 0.366 e. The smallest absolute Gasteiger partial charge is 0.273 e. The number of primary amides is 1. The van der Waals surface area contributed by atoms with Crippen LogP contribution in [0.1, 0.15) is 26.3 Å². The molecule has 0 bridgehead atoms. The Kier molecular flexibility index (Phi) is 2.80. The van der Waals surface area contributed by atoms with Crippen LogP contribution in [0, 0.1) is 17.0 Å². The molecule has 0 heterocycles. The van der Waals surface area contributed by atoms with E-state index >= 15 is 0 Å². The van der Waals surface area contributed by atoms with Gasteiger partial charge in [0.25, 0.3) is 5.69 Å². The zero-order chi connectivity index (χ0) is 11.6. The Bertz CT molecular complexity index is 454. The molecule has 6 heteroatoms. The van der Waals surface area contributed by atoms with Crippen LogP contribution in [0.5, 0.6) is 0 Å². The van der Waals surface area contributed by atoms with Crippen LogP contribution in [0.15, 0.2) is 12.1 Å². The Balaban J connectivity index is 3.48. The third-order valence-corrected chi connectivity index (χ3v) is 1.96. The SMILES string of the molecule is Cc1cc(C(N)=O)c(C=O)cc1[N+](=O)[O-]. The van der Waals surface area contributed by atoms with E-state index in [-0.39, 0.29) is 16.8 Å². The second-order valence-electron chi connectivity index (χ2n) is 2.97. The Labute approximate surface area is 84.8 Å². The number of nitrogens with two attached hydrogens (primary N) is 1. The zero-order valence-corrected chi connectivity index (χ0v) is 7.89. The van der Waals surface area contributed by atoms with Crippen LogP contribution in [0.25, 0.3) is 0 Å². The van der Waals surface area contributed by atoms with Gasteiger partial charge in [0.2, 0.25) is 5.91 Å². The molecule has 0 fully saturated rings. The van der Waals surface area contributed by atoms with Gasteiger partial charge in [-0.15, -0.1) is 0 Å². The minimum atomic E-state index is -0.782. The van der Waals surface area contributed by atoms with E-state index in [1.807, 2.05) is 0 Å². The molecule has 0 saturated carbocycles. The van der Waals surface area contributed by atoms with Crippen molar-refractivity contribution < 1.29 is 14.5 Å². The molecule has 15 heavy (non-hydrogen) atoms. The molecular formula is C9H8N2O4. The second kappa shape index (κ2) is 3.87. The van der Waals surface area contributed by atoms with E-state index in [0.29, 0.717) is 11.8 Å². The zero-order valence-electron chi connectivity index (χ0n) is 7.89. The summed E-state index contributed by atoms with van der Waals surface area (Å²) in [6.07, 6.45) is 0.368. The van der Waals surface area contributed by atoms with Crippen molar-refractivity contribution in [1.82, 2.24) is 0 Å². The summed E-state index contributed by atoms with van der Waals surface area (Å²) in [5.74, 6) is -0.782. The van der Waals surface area contributed by atoms with Crippen molar-refractivity contribution in [2.45, 2.75) is 6.92 Å². The predicted molar refractivity (Wildman–Crippen MR) is 51.7 cm³/mol. The predicted octanol–water partition coefficient (Wildman–Crippen LogP) is 0.815. The van der Waals surface area contributed by atoms with Crippen molar-refractivity contribution in [3.05, 3.63) is 38.9 Å². The molecule has 6 nitrogen and oxygen atoms in total. The van der Waals surface area contributed by atoms with Crippen LogP contribution in [-0.2, 0) is 0 Å². The molecule has 1 amide bonds. The molecule has 78 valence electrons. The summed E-state index contributed by atoms with van der Waals surface area (Å²) in [7, 11) is 0. The minimum Gasteiger partial charge on any atom is -0.366 e. The van der Waals surface area contributed by atoms with Crippen molar-refractivity contribution in [3.63, 3.8) is 0 Å². The second-order valence-corrected chi connectivity index (χ2v) is 2.97. The standard InChI is InChI=1S/C9H8N2O4/c1-5-2-7(9(10)13)6(4-12)3-8(5)11(14)15/h2-4H,1H3,(H2,10,13). The number of hydrogen-bond donors (Lipinski definition) is 1. The normalized spacial score (nSPS) is 9.67. The lowest BCUT2D eigenvalue weighted by Crippen LogP contribution is -2.14. The van der Waals surface area contributed by atoms with Gasteiger partial charge in [-0.05, 0) is 13.0 Å². The number of aldehydes is 1. The third kappa shape index (κ3) is 1.98. The third-order valence-electron chi connectivity index (χ3n) is 1.96. The van der Waals surface area contributed by atoms with E-state index in [4.69, 9.17) is 5.73 Å². The number of carbonyl (C=O) groups is 2. The molecule has 2 N–H and O–H groups in total. The van der Waals surface area contributed by atoms with Crippen LogP contribution < -0.4 is 5.73 Å². The molecule has 0 aliphatic heterocycles. The highest BCUT2D eigenvalue weighted by molar-refractivity contribution is 6.01. The summed E-state index contributed by atoms with van der Waals surface area (Å²) < 4.78 is 0. The molecule has 0 spiro atoms. The van der Waals surface area contributed by atoms with Gasteiger partial charge >= 0.3 is 0 Å². The van der Waals surface area contributed by atoms with Crippen LogP contribution in [0.3, 0.4) is 0 Å². The van der Waals surface area contributed by atoms with Crippen molar-refractivity contribution in [3.8, 4) is 0 Å². The summed E-state index contributed by atoms with van der Waals surface area (Å²) in [6.45, 7) is 1.47. The van der Waals surface area contributed by atoms with Gasteiger partial charge in [-0.25, -0.2) is 0 Å². The van der Waals surface area contributed by atoms with Gasteiger partial charge in [-0.3, -0.25) is 19.7 Å². The first-order chi connectivity index (χ1) is 6.97. The number of carbonyl (C=O) groups excluding carboxylic acids is 2. The van der Waals surface area contributed by atoms with Gasteiger partial charge in [0.1, 0.15) is 0 Å². The number of nitro groups is 1. The fraction of sp³-hybridized carbons (Fsp3) is 0.111. The van der Waals surface area contributed by atoms with Gasteiger partial charge in [-0.1, -0.05) is 0 Å². The number of nitro benzene ring substituents is 1. The van der Waals surface area contributed by atoms with Crippen molar-refractivity contribution in [2.75, 3.05) is 0 Å². The first kappa shape index (κ1) is 10.8. The summed E-state index contributed by atoms with van der Waals surface area (Å²) >= 11 is 0. The fourth-order valence-electron chi connectivity index (χ4n) is 1.22. The first-order valence-corrected chi connectivity index (χ1v) is 4.01. The molecule has 0 aliphatic rings. The molecule has 0 saturated heterocycles. The molecule has 0 aromatic heterocycles. The quantitative estimate of drug-likeness (QED) is 0.451. The monoisotopic (exact) mass is 208 g/mol. The summed E-state index contributed by atoms with van der Waals surface area (Å²) in [4.78, 5) is 31.4. The van der Waals surface area contributed by atoms with E-state index < -0.39 is 10.8 Å². The Morgan fingerprint density at radius 2 is 2.13 bits per heavy atom. The van der Waals surface area contributed by atoms with Crippen molar-refractivity contribution in [1.29, 1.82) is 0 Å². The number of nitrogens with zero attached hydrogens (tertiary/aromatic N) is 1. The lowest BCUT2D eigenvalue weighted by molar-refractivity contribution is -0.385. The number of aryl methyl sites for hydroxylation is 1. The van der Waals surface area contributed by atoms with Crippen LogP contribution in [0.4, 0.5) is 5.69 Å². The maximum absolute atomic E-state index is 10.9. The van der Waals surface area contributed by atoms with E-state index in [0.717, 1.165) is 6.07 Å². The van der Waals surface area contributed by atoms with Gasteiger partial charge in [0, 0.05) is 17.2 Å². The topological polar surface area (TPSA) is 103 Å². The maximum atomic E-state index is 10.9. The number of amides is 1. The van der Waals surface area contributed by atoms with E-state index in [1.165, 1.54) is 13.0 Å². The van der Waals surface area contributed by atoms with Crippen LogP contribution >= 0.6 is 0 Å². The van der Waals surface area contributed by atoms with Crippen molar-refractivity contribution in [2.24, 2.45) is 5.73 Å². The average molecular weight is 208 g/mol. The van der Waals surface area contributed by atoms with E-state index in [2.05, 4.69) is 0 Å². The Hall–Kier alpha value is -2.24. The molecule has 0 aliphatic carbocycles. The van der Waals surface area contributed by atoms with E-state index in [1.54, 1.807) is 0 Å². The molecule has 1 aromatic rings. The highest BCUT2D eigenvalue weighted by Gasteiger charge is 2.17. The average Bonchev–Trinajstić information content (AvgIpc) is 2.16. The minimum absolute atomic E-state index is 0.00639. The van der Waals surface area contributed by atoms with Crippen LogP contribution in [0.2, 0.25) is 0 Å². The number of rotatable bonds is 3. The van der Waals surface area contributed by atoms with Gasteiger partial charge in [0.15, 0.2) is 6.29 Å². The Morgan fingerprint density at radius 3 is 2.53 bits per heavy atom. The fourth-order valence-corrected chi connectivity index (χ4v) is 1.22. The molecule has 0 radical (unpaired) electrons.